The molecule has 1 amide bonds. The van der Waals surface area contributed by atoms with E-state index in [1.807, 2.05) is 0 Å². The Labute approximate surface area is 105 Å². The monoisotopic (exact) mass is 269 g/mol. The molecule has 1 fully saturated rings. The van der Waals surface area contributed by atoms with E-state index < -0.39 is 16.0 Å². The zero-order chi connectivity index (χ0) is 12.6. The Morgan fingerprint density at radius 3 is 2.50 bits per heavy atom. The third kappa shape index (κ3) is 3.68. The second-order valence-corrected chi connectivity index (χ2v) is 6.44. The van der Waals surface area contributed by atoms with Crippen molar-refractivity contribution >= 4 is 29.3 Å². The van der Waals surface area contributed by atoms with Gasteiger partial charge in [-0.05, 0) is 38.5 Å². The summed E-state index contributed by atoms with van der Waals surface area (Å²) in [4.78, 5) is 10.7. The first kappa shape index (κ1) is 13.9. The quantitative estimate of drug-likeness (QED) is 0.751. The maximum Gasteiger partial charge on any atom is 0.405 e. The number of alkyl halides is 2. The van der Waals surface area contributed by atoms with Crippen molar-refractivity contribution in [2.24, 2.45) is 17.6 Å². The molecule has 0 spiro atoms. The highest BCUT2D eigenvalue weighted by Gasteiger charge is 2.56. The molecule has 2 atom stereocenters. The second-order valence-electron chi connectivity index (χ2n) is 4.90. The number of aliphatic hydroxyl groups is 1. The summed E-state index contributed by atoms with van der Waals surface area (Å²) >= 11 is 11.9. The Hall–Kier alpha value is -0.190. The molecule has 1 aliphatic carbocycles. The molecule has 0 heterocycles. The summed E-state index contributed by atoms with van der Waals surface area (Å²) in [5.74, 6) is -0.0269. The van der Waals surface area contributed by atoms with Gasteiger partial charge in [0, 0.05) is 6.61 Å². The minimum absolute atomic E-state index is 0.0303. The van der Waals surface area contributed by atoms with Crippen LogP contribution >= 0.6 is 23.2 Å². The Bertz CT molecular complexity index is 281. The smallest absolute Gasteiger partial charge is 0.405 e. The summed E-state index contributed by atoms with van der Waals surface area (Å²) in [7, 11) is 0. The largest absolute Gasteiger partial charge is 0.444 e. The van der Waals surface area contributed by atoms with Gasteiger partial charge < -0.3 is 15.6 Å². The number of primary amides is 1. The van der Waals surface area contributed by atoms with E-state index in [1.165, 1.54) is 0 Å². The third-order valence-corrected chi connectivity index (χ3v) is 3.68. The number of hydrogen-bond acceptors (Lipinski definition) is 3. The Balaban J connectivity index is 2.53. The first-order valence-electron chi connectivity index (χ1n) is 5.15. The van der Waals surface area contributed by atoms with E-state index in [-0.39, 0.29) is 18.4 Å². The molecule has 0 aliphatic heterocycles. The van der Waals surface area contributed by atoms with Gasteiger partial charge in [0.2, 0.25) is 0 Å². The predicted molar refractivity (Wildman–Crippen MR) is 62.5 cm³/mol. The standard InChI is InChI=1S/C10H17Cl2NO3/c1-9(2,16-8(13)15)3-6(5-14)7-4-10(7,11)12/h6-7,14H,3-5H2,1-2H3,(H2,13,15)/t6-,7+/m0/s1. The molecule has 1 aliphatic rings. The average molecular weight is 270 g/mol. The summed E-state index contributed by atoms with van der Waals surface area (Å²) in [5, 5.41) is 9.28. The second kappa shape index (κ2) is 4.59. The van der Waals surface area contributed by atoms with Crippen molar-refractivity contribution in [1.82, 2.24) is 0 Å². The number of amides is 1. The van der Waals surface area contributed by atoms with Crippen molar-refractivity contribution in [2.45, 2.75) is 36.6 Å². The van der Waals surface area contributed by atoms with Gasteiger partial charge in [0.15, 0.2) is 0 Å². The molecule has 0 bridgehead atoms. The summed E-state index contributed by atoms with van der Waals surface area (Å²) in [5.41, 5.74) is 4.25. The summed E-state index contributed by atoms with van der Waals surface area (Å²) in [6.07, 6.45) is 0.326. The van der Waals surface area contributed by atoms with Crippen LogP contribution in [-0.4, -0.2) is 27.7 Å². The highest BCUT2D eigenvalue weighted by atomic mass is 35.5. The van der Waals surface area contributed by atoms with Crippen LogP contribution in [0.3, 0.4) is 0 Å². The van der Waals surface area contributed by atoms with E-state index in [0.717, 1.165) is 0 Å². The maximum atomic E-state index is 10.7. The summed E-state index contributed by atoms with van der Waals surface area (Å²) in [6, 6.07) is 0. The lowest BCUT2D eigenvalue weighted by Gasteiger charge is -2.28. The third-order valence-electron chi connectivity index (χ3n) is 2.81. The zero-order valence-electron chi connectivity index (χ0n) is 9.37. The number of ether oxygens (including phenoxy) is 1. The van der Waals surface area contributed by atoms with Gasteiger partial charge in [0.05, 0.1) is 0 Å². The molecule has 94 valence electrons. The topological polar surface area (TPSA) is 72.6 Å². The molecule has 1 rings (SSSR count). The minimum atomic E-state index is -0.819. The van der Waals surface area contributed by atoms with Crippen molar-refractivity contribution < 1.29 is 14.6 Å². The number of nitrogens with two attached hydrogens (primary N) is 1. The number of carbonyl (C=O) groups is 1. The van der Waals surface area contributed by atoms with Crippen molar-refractivity contribution in [2.75, 3.05) is 6.61 Å². The number of hydrogen-bond donors (Lipinski definition) is 2. The first-order chi connectivity index (χ1) is 7.18. The summed E-state index contributed by atoms with van der Waals surface area (Å²) in [6.45, 7) is 3.46. The molecular formula is C10H17Cl2NO3. The van der Waals surface area contributed by atoms with Gasteiger partial charge in [-0.1, -0.05) is 0 Å². The van der Waals surface area contributed by atoms with Crippen LogP contribution in [-0.2, 0) is 4.74 Å². The van der Waals surface area contributed by atoms with E-state index in [4.69, 9.17) is 33.7 Å². The minimum Gasteiger partial charge on any atom is -0.444 e. The fourth-order valence-electron chi connectivity index (χ4n) is 2.03. The van der Waals surface area contributed by atoms with Gasteiger partial charge in [-0.2, -0.15) is 0 Å². The van der Waals surface area contributed by atoms with Gasteiger partial charge in [0.25, 0.3) is 0 Å². The normalized spacial score (nSPS) is 24.9. The van der Waals surface area contributed by atoms with Crippen LogP contribution in [0.25, 0.3) is 0 Å². The van der Waals surface area contributed by atoms with Crippen LogP contribution in [0.15, 0.2) is 0 Å². The molecule has 0 radical (unpaired) electrons. The van der Waals surface area contributed by atoms with Crippen molar-refractivity contribution in [3.05, 3.63) is 0 Å². The van der Waals surface area contributed by atoms with Crippen molar-refractivity contribution in [3.63, 3.8) is 0 Å². The van der Waals surface area contributed by atoms with Crippen LogP contribution in [0, 0.1) is 11.8 Å². The highest BCUT2D eigenvalue weighted by molar-refractivity contribution is 6.50. The lowest BCUT2D eigenvalue weighted by atomic mass is 9.90. The Morgan fingerprint density at radius 1 is 1.69 bits per heavy atom. The molecule has 3 N–H and O–H groups in total. The van der Waals surface area contributed by atoms with Crippen LogP contribution in [0.4, 0.5) is 4.79 Å². The van der Waals surface area contributed by atoms with Gasteiger partial charge in [-0.3, -0.25) is 0 Å². The van der Waals surface area contributed by atoms with Gasteiger partial charge in [-0.25, -0.2) is 4.79 Å². The highest BCUT2D eigenvalue weighted by Crippen LogP contribution is 2.58. The van der Waals surface area contributed by atoms with E-state index in [0.29, 0.717) is 12.8 Å². The van der Waals surface area contributed by atoms with Gasteiger partial charge >= 0.3 is 6.09 Å². The number of carbonyl (C=O) groups excluding carboxylic acids is 1. The molecule has 0 aromatic heterocycles. The molecule has 0 saturated heterocycles. The fraction of sp³-hybridized carbons (Fsp3) is 0.900. The lowest BCUT2D eigenvalue weighted by Crippen LogP contribution is -2.35. The Kier molecular flexibility index (Phi) is 3.98. The molecule has 4 nitrogen and oxygen atoms in total. The van der Waals surface area contributed by atoms with Crippen molar-refractivity contribution in [1.29, 1.82) is 0 Å². The fourth-order valence-corrected chi connectivity index (χ4v) is 2.71. The zero-order valence-corrected chi connectivity index (χ0v) is 10.9. The number of aliphatic hydroxyl groups excluding tert-OH is 1. The van der Waals surface area contributed by atoms with E-state index in [1.54, 1.807) is 13.8 Å². The SMILES string of the molecule is CC(C)(C[C@@H](CO)[C@H]1CC1(Cl)Cl)OC(N)=O. The summed E-state index contributed by atoms with van der Waals surface area (Å²) < 4.78 is 4.22. The van der Waals surface area contributed by atoms with Crippen molar-refractivity contribution in [3.8, 4) is 0 Å². The van der Waals surface area contributed by atoms with E-state index in [2.05, 4.69) is 0 Å². The molecule has 6 heteroatoms. The first-order valence-corrected chi connectivity index (χ1v) is 5.91. The van der Waals surface area contributed by atoms with Crippen LogP contribution in [0.1, 0.15) is 26.7 Å². The molecule has 0 aromatic rings. The van der Waals surface area contributed by atoms with Gasteiger partial charge in [-0.15, -0.1) is 23.2 Å². The predicted octanol–water partition coefficient (Wildman–Crippen LogP) is 2.05. The Morgan fingerprint density at radius 2 is 2.19 bits per heavy atom. The molecule has 16 heavy (non-hydrogen) atoms. The lowest BCUT2D eigenvalue weighted by molar-refractivity contribution is 0.0147. The number of halogens is 2. The van der Waals surface area contributed by atoms with Crippen LogP contribution in [0.2, 0.25) is 0 Å². The molecule has 0 unspecified atom stereocenters. The molecule has 1 saturated carbocycles. The van der Waals surface area contributed by atoms with E-state index >= 15 is 0 Å². The van der Waals surface area contributed by atoms with E-state index in [9.17, 15) is 9.90 Å². The average Bonchev–Trinajstić information content (AvgIpc) is 2.68. The molecular weight excluding hydrogens is 253 g/mol. The van der Waals surface area contributed by atoms with Crippen LogP contribution < -0.4 is 5.73 Å². The molecule has 0 aromatic carbocycles. The number of rotatable bonds is 5. The van der Waals surface area contributed by atoms with Crippen LogP contribution in [0.5, 0.6) is 0 Å². The maximum absolute atomic E-state index is 10.7. The van der Waals surface area contributed by atoms with Gasteiger partial charge in [0.1, 0.15) is 9.93 Å².